The Labute approximate surface area is 105 Å². The first-order valence-corrected chi connectivity index (χ1v) is 6.59. The summed E-state index contributed by atoms with van der Waals surface area (Å²) in [5, 5.41) is 12.2. The van der Waals surface area contributed by atoms with Crippen LogP contribution in [-0.2, 0) is 26.1 Å². The number of ether oxygens (including phenoxy) is 1. The van der Waals surface area contributed by atoms with Crippen LogP contribution in [0.25, 0.3) is 0 Å². The topological polar surface area (TPSA) is 111 Å². The highest BCUT2D eigenvalue weighted by atomic mass is 32.2. The summed E-state index contributed by atoms with van der Waals surface area (Å²) < 4.78 is 31.9. The summed E-state index contributed by atoms with van der Waals surface area (Å²) in [5.41, 5.74) is 0. The number of carbonyl (C=O) groups is 1. The number of sulfonamides is 1. The summed E-state index contributed by atoms with van der Waals surface area (Å²) in [6.07, 6.45) is 2.26. The number of methoxy groups -OCH3 is 1. The molecule has 8 nitrogen and oxygen atoms in total. The van der Waals surface area contributed by atoms with E-state index in [9.17, 15) is 13.2 Å². The summed E-state index contributed by atoms with van der Waals surface area (Å²) in [5.74, 6) is -1.09. The maximum atomic E-state index is 11.8. The standard InChI is InChI=1S/C9H15N3O5S/c1-7(6-17-2)11-18(15,16)8-3-10-12(4-8)5-9(13)14/h3-4,7,11H,5-6H2,1-2H3,(H,13,14). The van der Waals surface area contributed by atoms with Crippen LogP contribution in [0, 0.1) is 0 Å². The van der Waals surface area contributed by atoms with Crippen molar-refractivity contribution in [3.63, 3.8) is 0 Å². The fraction of sp³-hybridized carbons (Fsp3) is 0.556. The molecule has 1 aromatic heterocycles. The van der Waals surface area contributed by atoms with E-state index in [0.29, 0.717) is 0 Å². The van der Waals surface area contributed by atoms with E-state index < -0.39 is 16.0 Å². The van der Waals surface area contributed by atoms with Gasteiger partial charge >= 0.3 is 5.97 Å². The van der Waals surface area contributed by atoms with Crippen molar-refractivity contribution in [1.82, 2.24) is 14.5 Å². The third-order valence-electron chi connectivity index (χ3n) is 1.99. The van der Waals surface area contributed by atoms with Crippen molar-refractivity contribution < 1.29 is 23.1 Å². The summed E-state index contributed by atoms with van der Waals surface area (Å²) in [6, 6.07) is -0.386. The molecule has 1 aromatic rings. The van der Waals surface area contributed by atoms with Crippen LogP contribution >= 0.6 is 0 Å². The van der Waals surface area contributed by atoms with Crippen molar-refractivity contribution in [1.29, 1.82) is 0 Å². The highest BCUT2D eigenvalue weighted by Crippen LogP contribution is 2.07. The molecule has 0 aliphatic heterocycles. The van der Waals surface area contributed by atoms with Gasteiger partial charge in [-0.1, -0.05) is 0 Å². The van der Waals surface area contributed by atoms with Crippen LogP contribution in [0.3, 0.4) is 0 Å². The van der Waals surface area contributed by atoms with Gasteiger partial charge in [0.25, 0.3) is 0 Å². The molecule has 0 bridgehead atoms. The Bertz CT molecular complexity index is 510. The average molecular weight is 277 g/mol. The lowest BCUT2D eigenvalue weighted by atomic mass is 10.4. The Kier molecular flexibility index (Phi) is 4.82. The molecule has 1 atom stereocenters. The first-order chi connectivity index (χ1) is 8.35. The molecule has 0 saturated heterocycles. The predicted molar refractivity (Wildman–Crippen MR) is 61.5 cm³/mol. The van der Waals surface area contributed by atoms with Crippen molar-refractivity contribution in [2.75, 3.05) is 13.7 Å². The van der Waals surface area contributed by atoms with Crippen molar-refractivity contribution in [3.8, 4) is 0 Å². The van der Waals surface area contributed by atoms with Crippen molar-refractivity contribution in [3.05, 3.63) is 12.4 Å². The lowest BCUT2D eigenvalue weighted by molar-refractivity contribution is -0.137. The van der Waals surface area contributed by atoms with Crippen LogP contribution in [-0.4, -0.2) is 49.0 Å². The van der Waals surface area contributed by atoms with E-state index in [-0.39, 0.29) is 24.1 Å². The highest BCUT2D eigenvalue weighted by Gasteiger charge is 2.19. The molecule has 0 spiro atoms. The van der Waals surface area contributed by atoms with Gasteiger partial charge in [-0.3, -0.25) is 9.48 Å². The molecule has 1 heterocycles. The quantitative estimate of drug-likeness (QED) is 0.680. The third kappa shape index (κ3) is 4.09. The van der Waals surface area contributed by atoms with Crippen molar-refractivity contribution >= 4 is 16.0 Å². The molecule has 0 amide bonds. The number of hydrogen-bond donors (Lipinski definition) is 2. The lowest BCUT2D eigenvalue weighted by Crippen LogP contribution is -2.35. The zero-order chi connectivity index (χ0) is 13.8. The second-order valence-corrected chi connectivity index (χ2v) is 5.46. The summed E-state index contributed by atoms with van der Waals surface area (Å²) in [6.45, 7) is 1.51. The van der Waals surface area contributed by atoms with E-state index in [1.54, 1.807) is 6.92 Å². The van der Waals surface area contributed by atoms with Gasteiger partial charge in [-0.2, -0.15) is 5.10 Å². The Hall–Kier alpha value is -1.45. The monoisotopic (exact) mass is 277 g/mol. The normalized spacial score (nSPS) is 13.4. The molecule has 18 heavy (non-hydrogen) atoms. The Balaban J connectivity index is 2.79. The number of aliphatic carboxylic acids is 1. The number of rotatable bonds is 7. The van der Waals surface area contributed by atoms with E-state index in [2.05, 4.69) is 9.82 Å². The van der Waals surface area contributed by atoms with Gasteiger partial charge < -0.3 is 9.84 Å². The average Bonchev–Trinajstić information content (AvgIpc) is 2.65. The smallest absolute Gasteiger partial charge is 0.325 e. The number of nitrogens with zero attached hydrogens (tertiary/aromatic N) is 2. The second-order valence-electron chi connectivity index (χ2n) is 3.75. The van der Waals surface area contributed by atoms with Crippen LogP contribution in [0.2, 0.25) is 0 Å². The lowest BCUT2D eigenvalue weighted by Gasteiger charge is -2.11. The number of nitrogens with one attached hydrogen (secondary N) is 1. The van der Waals surface area contributed by atoms with Crippen LogP contribution in [0.4, 0.5) is 0 Å². The van der Waals surface area contributed by atoms with E-state index in [4.69, 9.17) is 9.84 Å². The van der Waals surface area contributed by atoms with E-state index in [1.165, 1.54) is 7.11 Å². The van der Waals surface area contributed by atoms with E-state index >= 15 is 0 Å². The van der Waals surface area contributed by atoms with Crippen LogP contribution in [0.15, 0.2) is 17.3 Å². The number of aromatic nitrogens is 2. The Morgan fingerprint density at radius 2 is 2.33 bits per heavy atom. The number of carboxylic acid groups (broad SMARTS) is 1. The fourth-order valence-electron chi connectivity index (χ4n) is 1.33. The van der Waals surface area contributed by atoms with Crippen molar-refractivity contribution in [2.24, 2.45) is 0 Å². The summed E-state index contributed by atoms with van der Waals surface area (Å²) >= 11 is 0. The highest BCUT2D eigenvalue weighted by molar-refractivity contribution is 7.89. The van der Waals surface area contributed by atoms with Crippen LogP contribution in [0.1, 0.15) is 6.92 Å². The SMILES string of the molecule is COCC(C)NS(=O)(=O)c1cnn(CC(=O)O)c1. The maximum absolute atomic E-state index is 11.8. The molecule has 0 aliphatic carbocycles. The molecule has 0 radical (unpaired) electrons. The largest absolute Gasteiger partial charge is 0.480 e. The Morgan fingerprint density at radius 1 is 1.67 bits per heavy atom. The van der Waals surface area contributed by atoms with Gasteiger partial charge in [-0.15, -0.1) is 0 Å². The van der Waals surface area contributed by atoms with Gasteiger partial charge in [-0.05, 0) is 6.92 Å². The molecule has 102 valence electrons. The zero-order valence-electron chi connectivity index (χ0n) is 10.0. The number of hydrogen-bond acceptors (Lipinski definition) is 5. The van der Waals surface area contributed by atoms with Gasteiger partial charge in [0.15, 0.2) is 0 Å². The molecule has 0 aromatic carbocycles. The van der Waals surface area contributed by atoms with Gasteiger partial charge in [0.05, 0.1) is 12.8 Å². The minimum Gasteiger partial charge on any atom is -0.480 e. The van der Waals surface area contributed by atoms with E-state index in [0.717, 1.165) is 17.1 Å². The minimum atomic E-state index is -3.70. The summed E-state index contributed by atoms with van der Waals surface area (Å²) in [7, 11) is -2.23. The van der Waals surface area contributed by atoms with Crippen molar-refractivity contribution in [2.45, 2.75) is 24.4 Å². The summed E-state index contributed by atoms with van der Waals surface area (Å²) in [4.78, 5) is 10.4. The van der Waals surface area contributed by atoms with E-state index in [1.807, 2.05) is 0 Å². The molecule has 2 N–H and O–H groups in total. The van der Waals surface area contributed by atoms with Crippen LogP contribution in [0.5, 0.6) is 0 Å². The molecule has 1 unspecified atom stereocenters. The molecular weight excluding hydrogens is 262 g/mol. The zero-order valence-corrected chi connectivity index (χ0v) is 10.8. The molecule has 0 aliphatic rings. The fourth-order valence-corrected chi connectivity index (χ4v) is 2.51. The molecule has 1 rings (SSSR count). The molecule has 0 fully saturated rings. The molecule has 9 heteroatoms. The minimum absolute atomic E-state index is 0.0771. The van der Waals surface area contributed by atoms with Crippen LogP contribution < -0.4 is 4.72 Å². The first-order valence-electron chi connectivity index (χ1n) is 5.10. The molecule has 0 saturated carbocycles. The second kappa shape index (κ2) is 5.94. The van der Waals surface area contributed by atoms with Gasteiger partial charge in [0.1, 0.15) is 11.4 Å². The predicted octanol–water partition coefficient (Wildman–Crippen LogP) is -0.719. The van der Waals surface area contributed by atoms with Gasteiger partial charge in [-0.25, -0.2) is 13.1 Å². The maximum Gasteiger partial charge on any atom is 0.325 e. The Morgan fingerprint density at radius 3 is 2.89 bits per heavy atom. The van der Waals surface area contributed by atoms with Gasteiger partial charge in [0, 0.05) is 19.3 Å². The molecular formula is C9H15N3O5S. The third-order valence-corrected chi connectivity index (χ3v) is 3.53. The first kappa shape index (κ1) is 14.6. The number of carboxylic acids is 1. The van der Waals surface area contributed by atoms with Gasteiger partial charge in [0.2, 0.25) is 10.0 Å².